The summed E-state index contributed by atoms with van der Waals surface area (Å²) in [7, 11) is 0. The number of hydrogen-bond acceptors (Lipinski definition) is 6. The lowest BCUT2D eigenvalue weighted by Crippen LogP contribution is -2.28. The summed E-state index contributed by atoms with van der Waals surface area (Å²) < 4.78 is 5.96. The van der Waals surface area contributed by atoms with Crippen LogP contribution in [0.25, 0.3) is 32.6 Å². The fraction of sp³-hybridized carbons (Fsp3) is 0.179. The van der Waals surface area contributed by atoms with E-state index in [1.807, 2.05) is 66.9 Å². The predicted octanol–water partition coefficient (Wildman–Crippen LogP) is 6.25. The smallest absolute Gasteiger partial charge is 0.183 e. The molecular formula is C28H25N3O3S. The third-order valence-electron chi connectivity index (χ3n) is 6.61. The van der Waals surface area contributed by atoms with E-state index in [0.717, 1.165) is 62.1 Å². The number of anilines is 1. The van der Waals surface area contributed by atoms with Crippen molar-refractivity contribution < 1.29 is 14.9 Å². The van der Waals surface area contributed by atoms with Crippen molar-refractivity contribution in [1.29, 1.82) is 0 Å². The Bertz CT molecular complexity index is 1450. The van der Waals surface area contributed by atoms with Gasteiger partial charge in [0.15, 0.2) is 11.4 Å². The summed E-state index contributed by atoms with van der Waals surface area (Å²) in [5.74, 6) is 1.55. The number of rotatable bonds is 8. The minimum Gasteiger partial charge on any atom is -0.457 e. The molecule has 0 radical (unpaired) electrons. The molecule has 0 aliphatic heterocycles. The molecule has 6 nitrogen and oxygen atoms in total. The lowest BCUT2D eigenvalue weighted by Gasteiger charge is -2.17. The van der Waals surface area contributed by atoms with Gasteiger partial charge in [-0.3, -0.25) is 0 Å². The van der Waals surface area contributed by atoms with E-state index in [9.17, 15) is 10.2 Å². The van der Waals surface area contributed by atoms with Crippen LogP contribution in [0.15, 0.2) is 85.1 Å². The van der Waals surface area contributed by atoms with Crippen LogP contribution in [0.1, 0.15) is 12.8 Å². The first kappa shape index (κ1) is 21.9. The van der Waals surface area contributed by atoms with Gasteiger partial charge in [0.05, 0.1) is 10.6 Å². The highest BCUT2D eigenvalue weighted by Gasteiger charge is 2.48. The number of hydrogen-bond donors (Lipinski definition) is 4. The molecule has 2 aromatic heterocycles. The van der Waals surface area contributed by atoms with Crippen LogP contribution < -0.4 is 10.1 Å². The number of benzene rings is 3. The molecule has 1 aliphatic carbocycles. The van der Waals surface area contributed by atoms with Crippen molar-refractivity contribution in [3.8, 4) is 33.2 Å². The van der Waals surface area contributed by atoms with E-state index in [1.54, 1.807) is 11.3 Å². The number of aliphatic hydroxyl groups excluding tert-OH is 1. The maximum atomic E-state index is 9.75. The Balaban J connectivity index is 1.35. The molecule has 1 saturated carbocycles. The number of fused-ring (bicyclic) bond motifs is 1. The van der Waals surface area contributed by atoms with E-state index >= 15 is 0 Å². The maximum Gasteiger partial charge on any atom is 0.183 e. The first-order valence-electron chi connectivity index (χ1n) is 11.6. The van der Waals surface area contributed by atoms with Crippen molar-refractivity contribution >= 4 is 27.4 Å². The van der Waals surface area contributed by atoms with Gasteiger partial charge in [-0.2, -0.15) is 0 Å². The predicted molar refractivity (Wildman–Crippen MR) is 140 cm³/mol. The lowest BCUT2D eigenvalue weighted by atomic mass is 10.0. The van der Waals surface area contributed by atoms with E-state index in [0.29, 0.717) is 6.54 Å². The molecule has 1 aliphatic rings. The Morgan fingerprint density at radius 3 is 2.46 bits per heavy atom. The normalized spacial score (nSPS) is 14.4. The Labute approximate surface area is 206 Å². The molecule has 5 aromatic rings. The van der Waals surface area contributed by atoms with E-state index in [-0.39, 0.29) is 0 Å². The quantitative estimate of drug-likeness (QED) is 0.196. The maximum absolute atomic E-state index is 9.75. The Hall–Kier alpha value is -3.65. The monoisotopic (exact) mass is 483 g/mol. The number of nitrogens with zero attached hydrogens (tertiary/aromatic N) is 1. The van der Waals surface area contributed by atoms with Crippen LogP contribution in [0.5, 0.6) is 11.5 Å². The zero-order valence-electron chi connectivity index (χ0n) is 18.9. The third kappa shape index (κ3) is 4.30. The number of para-hydroxylation sites is 1. The van der Waals surface area contributed by atoms with E-state index < -0.39 is 11.7 Å². The second-order valence-electron chi connectivity index (χ2n) is 8.97. The fourth-order valence-corrected chi connectivity index (χ4v) is 5.32. The third-order valence-corrected chi connectivity index (χ3v) is 7.65. The van der Waals surface area contributed by atoms with Crippen molar-refractivity contribution in [2.24, 2.45) is 5.41 Å². The Kier molecular flexibility index (Phi) is 5.53. The van der Waals surface area contributed by atoms with E-state index in [2.05, 4.69) is 28.5 Å². The van der Waals surface area contributed by atoms with Crippen LogP contribution in [0.4, 0.5) is 5.13 Å². The van der Waals surface area contributed by atoms with Gasteiger partial charge in [-0.05, 0) is 61.4 Å². The van der Waals surface area contributed by atoms with Gasteiger partial charge in [-0.25, -0.2) is 4.98 Å². The zero-order chi connectivity index (χ0) is 23.8. The largest absolute Gasteiger partial charge is 0.457 e. The molecule has 0 amide bonds. The van der Waals surface area contributed by atoms with Crippen molar-refractivity contribution in [1.82, 2.24) is 9.97 Å². The van der Waals surface area contributed by atoms with Crippen LogP contribution >= 0.6 is 11.3 Å². The number of aromatic nitrogens is 2. The molecule has 6 rings (SSSR count). The first-order chi connectivity index (χ1) is 17.1. The highest BCUT2D eigenvalue weighted by molar-refractivity contribution is 7.19. The molecule has 0 unspecified atom stereocenters. The van der Waals surface area contributed by atoms with Gasteiger partial charge in [-0.15, -0.1) is 0 Å². The molecule has 0 bridgehead atoms. The molecule has 0 spiro atoms. The lowest BCUT2D eigenvalue weighted by molar-refractivity contribution is -0.0907. The molecular weight excluding hydrogens is 458 g/mol. The summed E-state index contributed by atoms with van der Waals surface area (Å²) in [6.45, 7) is 0.481. The van der Waals surface area contributed by atoms with Gasteiger partial charge in [0.2, 0.25) is 0 Å². The SMILES string of the molecule is OC(O)C1(CNc2nc(-c3ccc(Oc4ccccc4)cc3)c(-c3cccc4[nH]ccc34)s2)CC1. The van der Waals surface area contributed by atoms with Crippen LogP contribution in [-0.2, 0) is 0 Å². The second kappa shape index (κ2) is 8.85. The average Bonchev–Trinajstić information content (AvgIpc) is 3.32. The summed E-state index contributed by atoms with van der Waals surface area (Å²) in [5, 5.41) is 24.8. The number of thiazole rings is 1. The van der Waals surface area contributed by atoms with Crippen molar-refractivity contribution in [2.45, 2.75) is 19.1 Å². The van der Waals surface area contributed by atoms with Crippen LogP contribution in [-0.4, -0.2) is 33.0 Å². The minimum absolute atomic E-state index is 0.469. The fourth-order valence-electron chi connectivity index (χ4n) is 4.30. The molecule has 4 N–H and O–H groups in total. The Morgan fingerprint density at radius 2 is 1.71 bits per heavy atom. The molecule has 1 fully saturated rings. The van der Waals surface area contributed by atoms with Crippen molar-refractivity contribution in [3.63, 3.8) is 0 Å². The van der Waals surface area contributed by atoms with Crippen LogP contribution in [0, 0.1) is 5.41 Å². The molecule has 0 saturated heterocycles. The Morgan fingerprint density at radius 1 is 0.943 bits per heavy atom. The minimum atomic E-state index is -1.32. The second-order valence-corrected chi connectivity index (χ2v) is 9.97. The molecule has 35 heavy (non-hydrogen) atoms. The van der Waals surface area contributed by atoms with Gasteiger partial charge in [0.25, 0.3) is 0 Å². The summed E-state index contributed by atoms with van der Waals surface area (Å²) in [6, 6.07) is 26.0. The zero-order valence-corrected chi connectivity index (χ0v) is 19.8. The van der Waals surface area contributed by atoms with Gasteiger partial charge in [0, 0.05) is 40.2 Å². The number of ether oxygens (including phenoxy) is 1. The molecule has 3 aromatic carbocycles. The number of H-pyrrole nitrogens is 1. The van der Waals surface area contributed by atoms with Crippen LogP contribution in [0.3, 0.4) is 0 Å². The highest BCUT2D eigenvalue weighted by Crippen LogP contribution is 2.49. The highest BCUT2D eigenvalue weighted by atomic mass is 32.1. The number of aliphatic hydroxyl groups is 2. The van der Waals surface area contributed by atoms with Crippen LogP contribution in [0.2, 0.25) is 0 Å². The topological polar surface area (TPSA) is 90.4 Å². The summed E-state index contributed by atoms with van der Waals surface area (Å²) in [5.41, 5.74) is 3.58. The van der Waals surface area contributed by atoms with Gasteiger partial charge in [-0.1, -0.05) is 41.7 Å². The molecule has 7 heteroatoms. The molecule has 2 heterocycles. The van der Waals surface area contributed by atoms with Gasteiger partial charge >= 0.3 is 0 Å². The standard InChI is InChI=1S/C28H25N3O3S/c32-26(33)28(14-15-28)17-30-27-31-24(25(35-27)22-7-4-8-23-21(22)13-16-29-23)18-9-11-20(12-10-18)34-19-5-2-1-3-6-19/h1-13,16,26,29,32-33H,14-15,17H2,(H,30,31). The first-order valence-corrected chi connectivity index (χ1v) is 12.4. The summed E-state index contributed by atoms with van der Waals surface area (Å²) in [4.78, 5) is 9.29. The van der Waals surface area contributed by atoms with E-state index in [1.165, 1.54) is 0 Å². The molecule has 176 valence electrons. The summed E-state index contributed by atoms with van der Waals surface area (Å²) in [6.07, 6.45) is 2.23. The van der Waals surface area contributed by atoms with E-state index in [4.69, 9.17) is 9.72 Å². The van der Waals surface area contributed by atoms with Crippen molar-refractivity contribution in [3.05, 3.63) is 85.1 Å². The number of aromatic amines is 1. The summed E-state index contributed by atoms with van der Waals surface area (Å²) >= 11 is 1.58. The van der Waals surface area contributed by atoms with Gasteiger partial charge < -0.3 is 25.3 Å². The van der Waals surface area contributed by atoms with Gasteiger partial charge in [0.1, 0.15) is 11.5 Å². The number of nitrogens with one attached hydrogen (secondary N) is 2. The van der Waals surface area contributed by atoms with Crippen molar-refractivity contribution in [2.75, 3.05) is 11.9 Å². The molecule has 0 atom stereocenters. The average molecular weight is 484 g/mol.